The van der Waals surface area contributed by atoms with E-state index in [9.17, 15) is 4.79 Å². The first-order chi connectivity index (χ1) is 11.1. The highest BCUT2D eigenvalue weighted by atomic mass is 32.1. The third-order valence-corrected chi connectivity index (χ3v) is 4.88. The molecule has 3 rings (SSSR count). The van der Waals surface area contributed by atoms with Gasteiger partial charge in [-0.15, -0.1) is 0 Å². The number of nitrogens with zero attached hydrogens (tertiary/aromatic N) is 2. The SMILES string of the molecule is CC[C@H](C)[NH+]1CNc2c(c(=O)[nH]c(=S)n2Cc2cccnc2)C1. The second-order valence-electron chi connectivity index (χ2n) is 6.03. The van der Waals surface area contributed by atoms with Crippen molar-refractivity contribution in [2.24, 2.45) is 0 Å². The molecule has 1 aliphatic heterocycles. The van der Waals surface area contributed by atoms with Crippen molar-refractivity contribution in [3.05, 3.63) is 50.8 Å². The Balaban J connectivity index is 2.00. The Kier molecular flexibility index (Phi) is 4.58. The number of rotatable bonds is 4. The van der Waals surface area contributed by atoms with Crippen LogP contribution >= 0.6 is 12.2 Å². The van der Waals surface area contributed by atoms with Gasteiger partial charge in [0.05, 0.1) is 12.6 Å². The number of anilines is 1. The second kappa shape index (κ2) is 6.64. The van der Waals surface area contributed by atoms with Gasteiger partial charge in [-0.3, -0.25) is 19.3 Å². The Hall–Kier alpha value is -1.99. The Labute approximate surface area is 140 Å². The maximum absolute atomic E-state index is 12.3. The number of fused-ring (bicyclic) bond motifs is 1. The maximum atomic E-state index is 12.3. The maximum Gasteiger partial charge on any atom is 0.262 e. The van der Waals surface area contributed by atoms with Crippen LogP contribution in [0, 0.1) is 4.77 Å². The Morgan fingerprint density at radius 1 is 1.52 bits per heavy atom. The van der Waals surface area contributed by atoms with Crippen LogP contribution in [0.4, 0.5) is 5.82 Å². The minimum atomic E-state index is -0.0829. The molecule has 0 spiro atoms. The number of H-pyrrole nitrogens is 1. The molecule has 3 heterocycles. The van der Waals surface area contributed by atoms with Gasteiger partial charge in [0.1, 0.15) is 17.9 Å². The van der Waals surface area contributed by atoms with E-state index >= 15 is 0 Å². The zero-order valence-electron chi connectivity index (χ0n) is 13.4. The number of hydrogen-bond acceptors (Lipinski definition) is 4. The first kappa shape index (κ1) is 15.9. The smallest absolute Gasteiger partial charge is 0.262 e. The molecule has 1 unspecified atom stereocenters. The van der Waals surface area contributed by atoms with Crippen LogP contribution in [0.1, 0.15) is 31.4 Å². The van der Waals surface area contributed by atoms with Crippen molar-refractivity contribution in [3.8, 4) is 0 Å². The topological polar surface area (TPSA) is 67.2 Å². The molecule has 0 fully saturated rings. The van der Waals surface area contributed by atoms with Gasteiger partial charge in [0.15, 0.2) is 11.4 Å². The molecule has 2 atom stereocenters. The molecule has 0 radical (unpaired) electrons. The molecular formula is C16H22N5OS+. The number of aromatic amines is 1. The summed E-state index contributed by atoms with van der Waals surface area (Å²) < 4.78 is 2.40. The number of hydrogen-bond donors (Lipinski definition) is 3. The molecule has 2 aromatic rings. The highest BCUT2D eigenvalue weighted by molar-refractivity contribution is 7.71. The summed E-state index contributed by atoms with van der Waals surface area (Å²) in [6.45, 7) is 6.49. The summed E-state index contributed by atoms with van der Waals surface area (Å²) >= 11 is 5.37. The Bertz CT molecular complexity index is 798. The van der Waals surface area contributed by atoms with Crippen LogP contribution in [-0.4, -0.2) is 27.2 Å². The molecule has 0 aromatic carbocycles. The summed E-state index contributed by atoms with van der Waals surface area (Å²) in [5, 5.41) is 3.42. The average Bonchev–Trinajstić information content (AvgIpc) is 2.58. The predicted molar refractivity (Wildman–Crippen MR) is 92.1 cm³/mol. The van der Waals surface area contributed by atoms with Gasteiger partial charge in [-0.25, -0.2) is 0 Å². The number of quaternary nitrogens is 1. The second-order valence-corrected chi connectivity index (χ2v) is 6.42. The molecule has 1 aliphatic rings. The van der Waals surface area contributed by atoms with Crippen molar-refractivity contribution in [1.82, 2.24) is 14.5 Å². The molecule has 23 heavy (non-hydrogen) atoms. The minimum Gasteiger partial charge on any atom is -0.324 e. The van der Waals surface area contributed by atoms with Gasteiger partial charge in [0, 0.05) is 12.4 Å². The van der Waals surface area contributed by atoms with Crippen LogP contribution in [-0.2, 0) is 13.1 Å². The summed E-state index contributed by atoms with van der Waals surface area (Å²) in [4.78, 5) is 20.7. The monoisotopic (exact) mass is 332 g/mol. The Morgan fingerprint density at radius 3 is 3.04 bits per heavy atom. The molecular weight excluding hydrogens is 310 g/mol. The first-order valence-electron chi connectivity index (χ1n) is 7.93. The summed E-state index contributed by atoms with van der Waals surface area (Å²) in [6, 6.07) is 4.41. The van der Waals surface area contributed by atoms with Crippen LogP contribution in [0.5, 0.6) is 0 Å². The van der Waals surface area contributed by atoms with Gasteiger partial charge >= 0.3 is 0 Å². The van der Waals surface area contributed by atoms with Crippen molar-refractivity contribution in [2.75, 3.05) is 12.0 Å². The lowest BCUT2D eigenvalue weighted by atomic mass is 10.1. The highest BCUT2D eigenvalue weighted by Gasteiger charge is 2.27. The van der Waals surface area contributed by atoms with E-state index < -0.39 is 0 Å². The lowest BCUT2D eigenvalue weighted by molar-refractivity contribution is -0.935. The van der Waals surface area contributed by atoms with Crippen LogP contribution in [0.25, 0.3) is 0 Å². The number of nitrogens with one attached hydrogen (secondary N) is 3. The van der Waals surface area contributed by atoms with E-state index in [1.807, 2.05) is 22.9 Å². The zero-order valence-corrected chi connectivity index (χ0v) is 14.2. The highest BCUT2D eigenvalue weighted by Crippen LogP contribution is 2.15. The molecule has 0 bridgehead atoms. The largest absolute Gasteiger partial charge is 0.324 e. The van der Waals surface area contributed by atoms with E-state index in [1.54, 1.807) is 6.20 Å². The average molecular weight is 332 g/mol. The van der Waals surface area contributed by atoms with Crippen molar-refractivity contribution < 1.29 is 4.90 Å². The fourth-order valence-corrected chi connectivity index (χ4v) is 3.18. The molecule has 0 saturated carbocycles. The summed E-state index contributed by atoms with van der Waals surface area (Å²) in [5.41, 5.74) is 1.75. The lowest BCUT2D eigenvalue weighted by Crippen LogP contribution is -3.16. The standard InChI is InChI=1S/C16H21N5OS/c1-3-11(2)20-9-13-14(18-10-20)21(16(23)19-15(13)22)8-12-5-4-6-17-7-12/h4-7,11,18H,3,8-10H2,1-2H3,(H,19,22,23)/p+1/t11-/m0/s1. The fourth-order valence-electron chi connectivity index (χ4n) is 2.93. The number of pyridine rings is 1. The van der Waals surface area contributed by atoms with Crippen LogP contribution in [0.3, 0.4) is 0 Å². The summed E-state index contributed by atoms with van der Waals surface area (Å²) in [5.74, 6) is 0.842. The lowest BCUT2D eigenvalue weighted by Gasteiger charge is -2.32. The first-order valence-corrected chi connectivity index (χ1v) is 8.34. The predicted octanol–water partition coefficient (Wildman–Crippen LogP) is 0.916. The fraction of sp³-hybridized carbons (Fsp3) is 0.438. The molecule has 3 N–H and O–H groups in total. The van der Waals surface area contributed by atoms with E-state index in [0.717, 1.165) is 36.6 Å². The summed E-state index contributed by atoms with van der Waals surface area (Å²) in [7, 11) is 0. The molecule has 122 valence electrons. The van der Waals surface area contributed by atoms with E-state index in [0.29, 0.717) is 17.4 Å². The van der Waals surface area contributed by atoms with Crippen LogP contribution in [0.15, 0.2) is 29.3 Å². The van der Waals surface area contributed by atoms with Gasteiger partial charge in [-0.1, -0.05) is 13.0 Å². The third-order valence-electron chi connectivity index (χ3n) is 4.55. The molecule has 7 heteroatoms. The summed E-state index contributed by atoms with van der Waals surface area (Å²) in [6.07, 6.45) is 4.65. The minimum absolute atomic E-state index is 0.0829. The molecule has 0 aliphatic carbocycles. The van der Waals surface area contributed by atoms with Crippen molar-refractivity contribution in [2.45, 2.75) is 39.4 Å². The van der Waals surface area contributed by atoms with Gasteiger partial charge in [-0.2, -0.15) is 0 Å². The van der Waals surface area contributed by atoms with Gasteiger partial charge in [-0.05, 0) is 37.2 Å². The van der Waals surface area contributed by atoms with Gasteiger partial charge in [0.25, 0.3) is 5.56 Å². The van der Waals surface area contributed by atoms with Crippen LogP contribution < -0.4 is 15.8 Å². The van der Waals surface area contributed by atoms with E-state index in [-0.39, 0.29) is 5.56 Å². The Morgan fingerprint density at radius 2 is 2.35 bits per heavy atom. The normalized spacial score (nSPS) is 18.1. The van der Waals surface area contributed by atoms with E-state index in [1.165, 1.54) is 4.90 Å². The number of aromatic nitrogens is 3. The van der Waals surface area contributed by atoms with E-state index in [2.05, 4.69) is 29.1 Å². The van der Waals surface area contributed by atoms with Crippen molar-refractivity contribution >= 4 is 18.0 Å². The third kappa shape index (κ3) is 3.20. The van der Waals surface area contributed by atoms with E-state index in [4.69, 9.17) is 12.2 Å². The van der Waals surface area contributed by atoms with Crippen molar-refractivity contribution in [3.63, 3.8) is 0 Å². The van der Waals surface area contributed by atoms with Gasteiger partial charge < -0.3 is 10.2 Å². The molecule has 2 aromatic heterocycles. The molecule has 0 saturated heterocycles. The van der Waals surface area contributed by atoms with Crippen molar-refractivity contribution in [1.29, 1.82) is 0 Å². The quantitative estimate of drug-likeness (QED) is 0.728. The van der Waals surface area contributed by atoms with Crippen LogP contribution in [0.2, 0.25) is 0 Å². The van der Waals surface area contributed by atoms with Gasteiger partial charge in [0.2, 0.25) is 0 Å². The molecule has 6 nitrogen and oxygen atoms in total. The molecule has 0 amide bonds. The zero-order chi connectivity index (χ0) is 16.4.